The van der Waals surface area contributed by atoms with Crippen molar-refractivity contribution in [2.24, 2.45) is 5.92 Å². The van der Waals surface area contributed by atoms with Crippen LogP contribution < -0.4 is 10.2 Å². The van der Waals surface area contributed by atoms with Crippen LogP contribution in [0.25, 0.3) is 10.8 Å². The van der Waals surface area contributed by atoms with Crippen LogP contribution in [0.3, 0.4) is 0 Å². The summed E-state index contributed by atoms with van der Waals surface area (Å²) in [6, 6.07) is 15.8. The third kappa shape index (κ3) is 3.24. The van der Waals surface area contributed by atoms with Crippen molar-refractivity contribution in [3.8, 4) is 0 Å². The third-order valence-electron chi connectivity index (χ3n) is 5.33. The van der Waals surface area contributed by atoms with Gasteiger partial charge in [-0.15, -0.1) is 0 Å². The minimum Gasteiger partial charge on any atom is -0.324 e. The van der Waals surface area contributed by atoms with Gasteiger partial charge in [0.25, 0.3) is 0 Å². The first-order valence-corrected chi connectivity index (χ1v) is 9.48. The minimum absolute atomic E-state index is 0.0213. The van der Waals surface area contributed by atoms with Crippen LogP contribution in [0.15, 0.2) is 48.5 Å². The molecule has 142 valence electrons. The molecule has 1 unspecified atom stereocenters. The number of hydrogen-bond acceptors (Lipinski definition) is 3. The highest BCUT2D eigenvalue weighted by Gasteiger charge is 2.36. The minimum atomic E-state index is -0.383. The fourth-order valence-corrected chi connectivity index (χ4v) is 4.00. The van der Waals surface area contributed by atoms with E-state index in [2.05, 4.69) is 10.3 Å². The number of hydrogen-bond donors (Lipinski definition) is 1. The van der Waals surface area contributed by atoms with E-state index in [0.29, 0.717) is 6.54 Å². The molecular formula is C23H23N3O2. The quantitative estimate of drug-likeness (QED) is 0.750. The Morgan fingerprint density at radius 1 is 1.11 bits per heavy atom. The van der Waals surface area contributed by atoms with E-state index in [1.165, 1.54) is 0 Å². The maximum absolute atomic E-state index is 12.9. The molecule has 3 aromatic rings. The zero-order valence-corrected chi connectivity index (χ0v) is 16.3. The summed E-state index contributed by atoms with van der Waals surface area (Å²) in [5, 5.41) is 5.10. The van der Waals surface area contributed by atoms with Crippen molar-refractivity contribution in [1.82, 2.24) is 4.98 Å². The van der Waals surface area contributed by atoms with E-state index in [1.807, 2.05) is 69.3 Å². The van der Waals surface area contributed by atoms with Crippen LogP contribution in [0.4, 0.5) is 11.4 Å². The fourth-order valence-electron chi connectivity index (χ4n) is 4.00. The lowest BCUT2D eigenvalue weighted by Crippen LogP contribution is -2.28. The van der Waals surface area contributed by atoms with Crippen LogP contribution in [-0.2, 0) is 9.59 Å². The number of aryl methyl sites for hydroxylation is 3. The average Bonchev–Trinajstić information content (AvgIpc) is 3.05. The first kappa shape index (κ1) is 18.2. The second kappa shape index (κ2) is 7.08. The Labute approximate surface area is 164 Å². The van der Waals surface area contributed by atoms with Gasteiger partial charge in [0.05, 0.1) is 23.0 Å². The maximum atomic E-state index is 12.9. The first-order chi connectivity index (χ1) is 13.4. The Bertz CT molecular complexity index is 1060. The zero-order valence-electron chi connectivity index (χ0n) is 16.3. The summed E-state index contributed by atoms with van der Waals surface area (Å²) < 4.78 is 0. The number of anilines is 2. The topological polar surface area (TPSA) is 62.3 Å². The van der Waals surface area contributed by atoms with E-state index in [4.69, 9.17) is 0 Å². The van der Waals surface area contributed by atoms with Crippen LogP contribution in [0, 0.1) is 26.7 Å². The van der Waals surface area contributed by atoms with E-state index in [-0.39, 0.29) is 24.2 Å². The molecular weight excluding hydrogens is 350 g/mol. The molecule has 1 aromatic heterocycles. The molecule has 1 N–H and O–H groups in total. The number of nitrogens with one attached hydrogen (secondary N) is 1. The van der Waals surface area contributed by atoms with Crippen LogP contribution >= 0.6 is 0 Å². The Balaban J connectivity index is 1.57. The Morgan fingerprint density at radius 2 is 1.86 bits per heavy atom. The third-order valence-corrected chi connectivity index (χ3v) is 5.33. The van der Waals surface area contributed by atoms with Crippen LogP contribution in [0.1, 0.15) is 23.4 Å². The highest BCUT2D eigenvalue weighted by atomic mass is 16.2. The molecule has 0 aliphatic carbocycles. The molecule has 4 rings (SSSR count). The molecule has 5 heteroatoms. The Morgan fingerprint density at radius 3 is 2.64 bits per heavy atom. The highest BCUT2D eigenvalue weighted by Crippen LogP contribution is 2.32. The molecule has 1 atom stereocenters. The summed E-state index contributed by atoms with van der Waals surface area (Å²) >= 11 is 0. The average molecular weight is 373 g/mol. The SMILES string of the molecule is Cc1cc(C)c(NC(=O)C2CC(=O)N(c3cccc4ccccc34)C2)c(C)n1. The standard InChI is InChI=1S/C23H23N3O2/c1-14-11-15(2)24-16(3)22(14)25-23(28)18-12-21(27)26(13-18)20-10-6-8-17-7-4-5-9-19(17)20/h4-11,18H,12-13H2,1-3H3,(H,25,28). The summed E-state index contributed by atoms with van der Waals surface area (Å²) in [7, 11) is 0. The van der Waals surface area contributed by atoms with Gasteiger partial charge in [0.2, 0.25) is 11.8 Å². The van der Waals surface area contributed by atoms with Crippen molar-refractivity contribution >= 4 is 34.0 Å². The van der Waals surface area contributed by atoms with Gasteiger partial charge < -0.3 is 10.2 Å². The summed E-state index contributed by atoms with van der Waals surface area (Å²) in [5.74, 6) is -0.536. The van der Waals surface area contributed by atoms with Crippen molar-refractivity contribution in [3.05, 3.63) is 65.5 Å². The molecule has 28 heavy (non-hydrogen) atoms. The summed E-state index contributed by atoms with van der Waals surface area (Å²) in [6.45, 7) is 6.16. The summed E-state index contributed by atoms with van der Waals surface area (Å²) in [4.78, 5) is 31.7. The van der Waals surface area contributed by atoms with Crippen molar-refractivity contribution in [3.63, 3.8) is 0 Å². The lowest BCUT2D eigenvalue weighted by molar-refractivity contribution is -0.122. The number of fused-ring (bicyclic) bond motifs is 1. The van der Waals surface area contributed by atoms with Crippen molar-refractivity contribution < 1.29 is 9.59 Å². The predicted octanol–water partition coefficient (Wildman–Crippen LogP) is 4.15. The second-order valence-corrected chi connectivity index (χ2v) is 7.43. The largest absolute Gasteiger partial charge is 0.324 e. The van der Waals surface area contributed by atoms with Gasteiger partial charge in [-0.25, -0.2) is 0 Å². The number of rotatable bonds is 3. The number of benzene rings is 2. The normalized spacial score (nSPS) is 16.6. The fraction of sp³-hybridized carbons (Fsp3) is 0.261. The second-order valence-electron chi connectivity index (χ2n) is 7.43. The van der Waals surface area contributed by atoms with Gasteiger partial charge in [-0.1, -0.05) is 36.4 Å². The number of carbonyl (C=O) groups is 2. The molecule has 2 aromatic carbocycles. The van der Waals surface area contributed by atoms with Crippen LogP contribution in [0.5, 0.6) is 0 Å². The highest BCUT2D eigenvalue weighted by molar-refractivity contribution is 6.08. The van der Waals surface area contributed by atoms with Crippen molar-refractivity contribution in [1.29, 1.82) is 0 Å². The van der Waals surface area contributed by atoms with Gasteiger partial charge in [0.15, 0.2) is 0 Å². The molecule has 0 radical (unpaired) electrons. The van der Waals surface area contributed by atoms with Gasteiger partial charge in [-0.3, -0.25) is 14.6 Å². The lowest BCUT2D eigenvalue weighted by Gasteiger charge is -2.19. The molecule has 1 saturated heterocycles. The number of aromatic nitrogens is 1. The van der Waals surface area contributed by atoms with E-state index in [1.54, 1.807) is 4.90 Å². The lowest BCUT2D eigenvalue weighted by atomic mass is 10.1. The Kier molecular flexibility index (Phi) is 4.59. The van der Waals surface area contributed by atoms with Crippen molar-refractivity contribution in [2.75, 3.05) is 16.8 Å². The first-order valence-electron chi connectivity index (χ1n) is 9.48. The van der Waals surface area contributed by atoms with Gasteiger partial charge in [-0.2, -0.15) is 0 Å². The zero-order chi connectivity index (χ0) is 19.8. The van der Waals surface area contributed by atoms with E-state index < -0.39 is 0 Å². The number of pyridine rings is 1. The predicted molar refractivity (Wildman–Crippen MR) is 111 cm³/mol. The number of nitrogens with zero attached hydrogens (tertiary/aromatic N) is 2. The smallest absolute Gasteiger partial charge is 0.229 e. The Hall–Kier alpha value is -3.21. The molecule has 0 spiro atoms. The number of amides is 2. The van der Waals surface area contributed by atoms with Crippen LogP contribution in [0.2, 0.25) is 0 Å². The van der Waals surface area contributed by atoms with E-state index in [0.717, 1.165) is 39.1 Å². The van der Waals surface area contributed by atoms with Gasteiger partial charge >= 0.3 is 0 Å². The van der Waals surface area contributed by atoms with Gasteiger partial charge in [-0.05, 0) is 43.9 Å². The number of carbonyl (C=O) groups excluding carboxylic acids is 2. The molecule has 2 heterocycles. The molecule has 2 amide bonds. The maximum Gasteiger partial charge on any atom is 0.229 e. The van der Waals surface area contributed by atoms with Gasteiger partial charge in [0, 0.05) is 24.0 Å². The van der Waals surface area contributed by atoms with Crippen molar-refractivity contribution in [2.45, 2.75) is 27.2 Å². The molecule has 1 aliphatic rings. The van der Waals surface area contributed by atoms with Crippen LogP contribution in [-0.4, -0.2) is 23.3 Å². The molecule has 0 saturated carbocycles. The molecule has 0 bridgehead atoms. The molecule has 5 nitrogen and oxygen atoms in total. The van der Waals surface area contributed by atoms with Gasteiger partial charge in [0.1, 0.15) is 0 Å². The molecule has 1 aliphatic heterocycles. The van der Waals surface area contributed by atoms with E-state index >= 15 is 0 Å². The monoisotopic (exact) mass is 373 g/mol. The summed E-state index contributed by atoms with van der Waals surface area (Å²) in [6.07, 6.45) is 0.215. The molecule has 1 fully saturated rings. The summed E-state index contributed by atoms with van der Waals surface area (Å²) in [5.41, 5.74) is 4.30. The van der Waals surface area contributed by atoms with E-state index in [9.17, 15) is 9.59 Å².